The molecule has 92 valence electrons. The molecule has 0 fully saturated rings. The molecule has 6 heteroatoms. The van der Waals surface area contributed by atoms with Gasteiger partial charge >= 0.3 is 5.97 Å². The number of carboxylic acid groups (broad SMARTS) is 1. The molecule has 5 nitrogen and oxygen atoms in total. The number of benzene rings is 1. The number of rotatable bonds is 4. The van der Waals surface area contributed by atoms with Crippen LogP contribution in [0.5, 0.6) is 0 Å². The maximum atomic E-state index is 11.6. The fourth-order valence-corrected chi connectivity index (χ4v) is 1.57. The summed E-state index contributed by atoms with van der Waals surface area (Å²) in [7, 11) is 0. The van der Waals surface area contributed by atoms with Gasteiger partial charge in [0.05, 0.1) is 17.3 Å². The molecule has 1 rings (SSSR count). The lowest BCUT2D eigenvalue weighted by Crippen LogP contribution is -2.35. The maximum Gasteiger partial charge on any atom is 0.337 e. The Kier molecular flexibility index (Phi) is 4.65. The number of halogens is 1. The lowest BCUT2D eigenvalue weighted by atomic mass is 10.1. The van der Waals surface area contributed by atoms with Gasteiger partial charge in [0.1, 0.15) is 0 Å². The highest BCUT2D eigenvalue weighted by molar-refractivity contribution is 9.10. The van der Waals surface area contributed by atoms with Crippen LogP contribution in [0.4, 0.5) is 5.69 Å². The number of hydrogen-bond donors (Lipinski definition) is 3. The molecule has 4 N–H and O–H groups in total. The van der Waals surface area contributed by atoms with Gasteiger partial charge < -0.3 is 16.2 Å². The topological polar surface area (TPSA) is 92.4 Å². The summed E-state index contributed by atoms with van der Waals surface area (Å²) in [6.07, 6.45) is 0.491. The van der Waals surface area contributed by atoms with E-state index in [9.17, 15) is 9.59 Å². The lowest BCUT2D eigenvalue weighted by molar-refractivity contribution is -0.117. The standard InChI is InChI=1S/C11H13BrN2O3/c1-2-8(13)10(15)14-9-4-3-6(12)5-7(9)11(16)17/h3-5,8H,2,13H2,1H3,(H,14,15)(H,16,17)/t8-/m0/s1. The van der Waals surface area contributed by atoms with E-state index in [-0.39, 0.29) is 11.3 Å². The summed E-state index contributed by atoms with van der Waals surface area (Å²) in [5.74, 6) is -1.50. The van der Waals surface area contributed by atoms with E-state index < -0.39 is 17.9 Å². The minimum absolute atomic E-state index is 0.0241. The van der Waals surface area contributed by atoms with Crippen molar-refractivity contribution in [1.82, 2.24) is 0 Å². The van der Waals surface area contributed by atoms with E-state index in [0.29, 0.717) is 10.9 Å². The molecule has 0 saturated carbocycles. The summed E-state index contributed by atoms with van der Waals surface area (Å²) < 4.78 is 0.632. The van der Waals surface area contributed by atoms with Crippen molar-refractivity contribution in [2.75, 3.05) is 5.32 Å². The van der Waals surface area contributed by atoms with Gasteiger partial charge in [0, 0.05) is 4.47 Å². The van der Waals surface area contributed by atoms with Crippen molar-refractivity contribution in [2.45, 2.75) is 19.4 Å². The van der Waals surface area contributed by atoms with Crippen LogP contribution in [0.2, 0.25) is 0 Å². The Hall–Kier alpha value is -1.40. The molecule has 1 aromatic rings. The van der Waals surface area contributed by atoms with Crippen LogP contribution in [0.15, 0.2) is 22.7 Å². The second-order valence-corrected chi connectivity index (χ2v) is 4.41. The number of amides is 1. The molecule has 0 radical (unpaired) electrons. The van der Waals surface area contributed by atoms with Crippen molar-refractivity contribution in [2.24, 2.45) is 5.73 Å². The van der Waals surface area contributed by atoms with E-state index in [1.54, 1.807) is 13.0 Å². The molecule has 0 unspecified atom stereocenters. The molecular weight excluding hydrogens is 288 g/mol. The Morgan fingerprint density at radius 2 is 2.18 bits per heavy atom. The Morgan fingerprint density at radius 1 is 1.53 bits per heavy atom. The van der Waals surface area contributed by atoms with Crippen molar-refractivity contribution >= 4 is 33.5 Å². The third kappa shape index (κ3) is 3.54. The third-order valence-electron chi connectivity index (χ3n) is 2.25. The Balaban J connectivity index is 2.98. The number of anilines is 1. The summed E-state index contributed by atoms with van der Waals surface area (Å²) in [5.41, 5.74) is 5.82. The van der Waals surface area contributed by atoms with Crippen molar-refractivity contribution in [1.29, 1.82) is 0 Å². The number of nitrogens with two attached hydrogens (primary N) is 1. The molecule has 0 heterocycles. The fourth-order valence-electron chi connectivity index (χ4n) is 1.21. The molecule has 0 aromatic heterocycles. The van der Waals surface area contributed by atoms with Gasteiger partial charge in [-0.25, -0.2) is 4.79 Å². The lowest BCUT2D eigenvalue weighted by Gasteiger charge is -2.12. The smallest absolute Gasteiger partial charge is 0.337 e. The van der Waals surface area contributed by atoms with E-state index in [4.69, 9.17) is 10.8 Å². The van der Waals surface area contributed by atoms with E-state index >= 15 is 0 Å². The number of carboxylic acids is 1. The zero-order chi connectivity index (χ0) is 13.0. The summed E-state index contributed by atoms with van der Waals surface area (Å²) in [6.45, 7) is 1.78. The zero-order valence-electron chi connectivity index (χ0n) is 9.24. The molecular formula is C11H13BrN2O3. The number of carbonyl (C=O) groups is 2. The monoisotopic (exact) mass is 300 g/mol. The van der Waals surface area contributed by atoms with Crippen LogP contribution in [0.3, 0.4) is 0 Å². The minimum Gasteiger partial charge on any atom is -0.478 e. The molecule has 0 spiro atoms. The van der Waals surface area contributed by atoms with Crippen LogP contribution in [0, 0.1) is 0 Å². The van der Waals surface area contributed by atoms with Crippen LogP contribution in [-0.4, -0.2) is 23.0 Å². The largest absolute Gasteiger partial charge is 0.478 e. The Labute approximate surface area is 107 Å². The number of aromatic carboxylic acids is 1. The summed E-state index contributed by atoms with van der Waals surface area (Å²) >= 11 is 3.17. The Morgan fingerprint density at radius 3 is 2.71 bits per heavy atom. The van der Waals surface area contributed by atoms with Crippen molar-refractivity contribution in [3.63, 3.8) is 0 Å². The van der Waals surface area contributed by atoms with E-state index in [0.717, 1.165) is 0 Å². The van der Waals surface area contributed by atoms with Crippen LogP contribution < -0.4 is 11.1 Å². The molecule has 1 amide bonds. The molecule has 0 aliphatic rings. The van der Waals surface area contributed by atoms with Gasteiger partial charge in [-0.3, -0.25) is 4.79 Å². The fraction of sp³-hybridized carbons (Fsp3) is 0.273. The normalized spacial score (nSPS) is 11.9. The summed E-state index contributed by atoms with van der Waals surface area (Å²) in [5, 5.41) is 11.5. The molecule has 1 atom stereocenters. The number of hydrogen-bond acceptors (Lipinski definition) is 3. The van der Waals surface area contributed by atoms with Crippen molar-refractivity contribution < 1.29 is 14.7 Å². The predicted molar refractivity (Wildman–Crippen MR) is 68.0 cm³/mol. The average molecular weight is 301 g/mol. The zero-order valence-corrected chi connectivity index (χ0v) is 10.8. The maximum absolute atomic E-state index is 11.6. The van der Waals surface area contributed by atoms with Gasteiger partial charge in [0.25, 0.3) is 0 Å². The summed E-state index contributed by atoms with van der Waals surface area (Å²) in [4.78, 5) is 22.6. The van der Waals surface area contributed by atoms with Crippen LogP contribution in [0.1, 0.15) is 23.7 Å². The Bertz CT molecular complexity index is 448. The number of nitrogens with one attached hydrogen (secondary N) is 1. The highest BCUT2D eigenvalue weighted by Gasteiger charge is 2.16. The van der Waals surface area contributed by atoms with Gasteiger partial charge in [-0.1, -0.05) is 22.9 Å². The molecule has 0 aliphatic heterocycles. The predicted octanol–water partition coefficient (Wildman–Crippen LogP) is 1.82. The second-order valence-electron chi connectivity index (χ2n) is 3.50. The molecule has 0 bridgehead atoms. The third-order valence-corrected chi connectivity index (χ3v) is 2.74. The first-order valence-electron chi connectivity index (χ1n) is 5.05. The quantitative estimate of drug-likeness (QED) is 0.791. The van der Waals surface area contributed by atoms with E-state index in [1.165, 1.54) is 12.1 Å². The van der Waals surface area contributed by atoms with E-state index in [2.05, 4.69) is 21.2 Å². The SMILES string of the molecule is CC[C@H](N)C(=O)Nc1ccc(Br)cc1C(=O)O. The van der Waals surface area contributed by atoms with Gasteiger partial charge in [-0.15, -0.1) is 0 Å². The first-order chi connectivity index (χ1) is 7.95. The second kappa shape index (κ2) is 5.79. The molecule has 1 aromatic carbocycles. The average Bonchev–Trinajstić information content (AvgIpc) is 2.29. The van der Waals surface area contributed by atoms with Crippen LogP contribution in [-0.2, 0) is 4.79 Å². The first kappa shape index (κ1) is 13.7. The van der Waals surface area contributed by atoms with Gasteiger partial charge in [0.15, 0.2) is 0 Å². The van der Waals surface area contributed by atoms with Gasteiger partial charge in [-0.05, 0) is 24.6 Å². The van der Waals surface area contributed by atoms with Crippen LogP contribution in [0.25, 0.3) is 0 Å². The van der Waals surface area contributed by atoms with Gasteiger partial charge in [-0.2, -0.15) is 0 Å². The van der Waals surface area contributed by atoms with Gasteiger partial charge in [0.2, 0.25) is 5.91 Å². The molecule has 0 saturated heterocycles. The minimum atomic E-state index is -1.10. The highest BCUT2D eigenvalue weighted by atomic mass is 79.9. The van der Waals surface area contributed by atoms with Crippen molar-refractivity contribution in [3.8, 4) is 0 Å². The van der Waals surface area contributed by atoms with E-state index in [1.807, 2.05) is 0 Å². The molecule has 0 aliphatic carbocycles. The summed E-state index contributed by atoms with van der Waals surface area (Å²) in [6, 6.07) is 3.96. The molecule has 17 heavy (non-hydrogen) atoms. The first-order valence-corrected chi connectivity index (χ1v) is 5.84. The number of carbonyl (C=O) groups excluding carboxylic acids is 1. The van der Waals surface area contributed by atoms with Crippen molar-refractivity contribution in [3.05, 3.63) is 28.2 Å². The highest BCUT2D eigenvalue weighted by Crippen LogP contribution is 2.21. The van der Waals surface area contributed by atoms with Crippen LogP contribution >= 0.6 is 15.9 Å².